The SMILES string of the molecule is COCC(=O)Nc1cccc(-n2nncc2C(C)C)c1. The van der Waals surface area contributed by atoms with E-state index in [9.17, 15) is 4.79 Å². The second-order valence-electron chi connectivity index (χ2n) is 4.76. The number of carbonyl (C=O) groups excluding carboxylic acids is 1. The van der Waals surface area contributed by atoms with Crippen molar-refractivity contribution in [1.29, 1.82) is 0 Å². The molecule has 6 nitrogen and oxygen atoms in total. The number of rotatable bonds is 5. The third-order valence-electron chi connectivity index (χ3n) is 2.82. The Labute approximate surface area is 117 Å². The number of ether oxygens (including phenoxy) is 1. The van der Waals surface area contributed by atoms with E-state index < -0.39 is 0 Å². The van der Waals surface area contributed by atoms with Crippen LogP contribution in [0.3, 0.4) is 0 Å². The van der Waals surface area contributed by atoms with Gasteiger partial charge in [-0.25, -0.2) is 4.68 Å². The molecule has 106 valence electrons. The van der Waals surface area contributed by atoms with Gasteiger partial charge in [-0.1, -0.05) is 25.1 Å². The van der Waals surface area contributed by atoms with E-state index in [0.29, 0.717) is 11.6 Å². The minimum Gasteiger partial charge on any atom is -0.375 e. The van der Waals surface area contributed by atoms with Crippen LogP contribution in [0.1, 0.15) is 25.5 Å². The van der Waals surface area contributed by atoms with E-state index in [1.165, 1.54) is 7.11 Å². The molecule has 0 saturated carbocycles. The van der Waals surface area contributed by atoms with Gasteiger partial charge in [-0.3, -0.25) is 4.79 Å². The Bertz CT molecular complexity index is 592. The van der Waals surface area contributed by atoms with Crippen molar-refractivity contribution in [2.45, 2.75) is 19.8 Å². The van der Waals surface area contributed by atoms with E-state index in [2.05, 4.69) is 29.5 Å². The summed E-state index contributed by atoms with van der Waals surface area (Å²) in [5.74, 6) is 0.129. The number of nitrogens with one attached hydrogen (secondary N) is 1. The van der Waals surface area contributed by atoms with Gasteiger partial charge in [0.2, 0.25) is 5.91 Å². The number of hydrogen-bond donors (Lipinski definition) is 1. The highest BCUT2D eigenvalue weighted by Gasteiger charge is 2.10. The fourth-order valence-electron chi connectivity index (χ4n) is 1.88. The van der Waals surface area contributed by atoms with Gasteiger partial charge in [0, 0.05) is 12.8 Å². The highest BCUT2D eigenvalue weighted by atomic mass is 16.5. The number of nitrogens with zero attached hydrogens (tertiary/aromatic N) is 3. The molecule has 1 aromatic carbocycles. The van der Waals surface area contributed by atoms with Crippen molar-refractivity contribution < 1.29 is 9.53 Å². The van der Waals surface area contributed by atoms with Crippen LogP contribution in [0.15, 0.2) is 30.5 Å². The largest absolute Gasteiger partial charge is 0.375 e. The second kappa shape index (κ2) is 6.29. The summed E-state index contributed by atoms with van der Waals surface area (Å²) in [5.41, 5.74) is 2.58. The summed E-state index contributed by atoms with van der Waals surface area (Å²) in [6.07, 6.45) is 1.75. The Hall–Kier alpha value is -2.21. The zero-order chi connectivity index (χ0) is 14.5. The molecular weight excluding hydrogens is 256 g/mol. The number of amides is 1. The van der Waals surface area contributed by atoms with E-state index in [4.69, 9.17) is 4.74 Å². The van der Waals surface area contributed by atoms with Gasteiger partial charge >= 0.3 is 0 Å². The minimum absolute atomic E-state index is 0.0325. The topological polar surface area (TPSA) is 69.0 Å². The van der Waals surface area contributed by atoms with E-state index in [1.54, 1.807) is 10.9 Å². The summed E-state index contributed by atoms with van der Waals surface area (Å²) >= 11 is 0. The summed E-state index contributed by atoms with van der Waals surface area (Å²) < 4.78 is 6.56. The van der Waals surface area contributed by atoms with Crippen molar-refractivity contribution in [1.82, 2.24) is 15.0 Å². The van der Waals surface area contributed by atoms with Gasteiger partial charge in [0.25, 0.3) is 0 Å². The standard InChI is InChI=1S/C14H18N4O2/c1-10(2)13-8-15-17-18(13)12-6-4-5-11(7-12)16-14(19)9-20-3/h4-8,10H,9H2,1-3H3,(H,16,19). The predicted molar refractivity (Wildman–Crippen MR) is 76.0 cm³/mol. The highest BCUT2D eigenvalue weighted by Crippen LogP contribution is 2.19. The van der Waals surface area contributed by atoms with Gasteiger partial charge in [0.15, 0.2) is 0 Å². The number of methoxy groups -OCH3 is 1. The maximum Gasteiger partial charge on any atom is 0.250 e. The molecule has 20 heavy (non-hydrogen) atoms. The first kappa shape index (κ1) is 14.2. The third kappa shape index (κ3) is 3.21. The smallest absolute Gasteiger partial charge is 0.250 e. The zero-order valence-corrected chi connectivity index (χ0v) is 11.8. The first-order chi connectivity index (χ1) is 9.61. The first-order valence-electron chi connectivity index (χ1n) is 6.41. The molecule has 1 N–H and O–H groups in total. The normalized spacial score (nSPS) is 10.8. The Morgan fingerprint density at radius 3 is 2.95 bits per heavy atom. The molecule has 0 bridgehead atoms. The summed E-state index contributed by atoms with van der Waals surface area (Å²) in [6.45, 7) is 4.20. The van der Waals surface area contributed by atoms with Crippen molar-refractivity contribution in [2.24, 2.45) is 0 Å². The van der Waals surface area contributed by atoms with Crippen molar-refractivity contribution in [3.8, 4) is 5.69 Å². The van der Waals surface area contributed by atoms with Gasteiger partial charge in [-0.2, -0.15) is 0 Å². The van der Waals surface area contributed by atoms with E-state index >= 15 is 0 Å². The quantitative estimate of drug-likeness (QED) is 0.905. The van der Waals surface area contributed by atoms with Crippen LogP contribution in [0.2, 0.25) is 0 Å². The average Bonchev–Trinajstić information content (AvgIpc) is 2.88. The molecule has 1 heterocycles. The fourth-order valence-corrected chi connectivity index (χ4v) is 1.88. The molecule has 0 aliphatic rings. The van der Waals surface area contributed by atoms with Crippen LogP contribution in [0.5, 0.6) is 0 Å². The predicted octanol–water partition coefficient (Wildman–Crippen LogP) is 1.98. The van der Waals surface area contributed by atoms with Crippen molar-refractivity contribution in [2.75, 3.05) is 19.0 Å². The lowest BCUT2D eigenvalue weighted by Gasteiger charge is -2.10. The number of carbonyl (C=O) groups is 1. The molecule has 0 atom stereocenters. The Morgan fingerprint density at radius 2 is 2.25 bits per heavy atom. The number of anilines is 1. The summed E-state index contributed by atoms with van der Waals surface area (Å²) in [5, 5.41) is 10.8. The van der Waals surface area contributed by atoms with Crippen LogP contribution in [0.25, 0.3) is 5.69 Å². The molecule has 0 radical (unpaired) electrons. The maximum atomic E-state index is 11.5. The summed E-state index contributed by atoms with van der Waals surface area (Å²) in [7, 11) is 1.49. The third-order valence-corrected chi connectivity index (χ3v) is 2.82. The van der Waals surface area contributed by atoms with Gasteiger partial charge in [-0.15, -0.1) is 5.10 Å². The van der Waals surface area contributed by atoms with Crippen molar-refractivity contribution in [3.05, 3.63) is 36.2 Å². The van der Waals surface area contributed by atoms with E-state index in [1.807, 2.05) is 24.3 Å². The molecule has 0 spiro atoms. The van der Waals surface area contributed by atoms with Crippen LogP contribution in [-0.2, 0) is 9.53 Å². The molecule has 0 aliphatic carbocycles. The molecular formula is C14H18N4O2. The maximum absolute atomic E-state index is 11.5. The van der Waals surface area contributed by atoms with Crippen LogP contribution >= 0.6 is 0 Å². The Morgan fingerprint density at radius 1 is 1.45 bits per heavy atom. The van der Waals surface area contributed by atoms with Crippen molar-refractivity contribution in [3.63, 3.8) is 0 Å². The van der Waals surface area contributed by atoms with Crippen LogP contribution in [0, 0.1) is 0 Å². The summed E-state index contributed by atoms with van der Waals surface area (Å²) in [6, 6.07) is 7.47. The fraction of sp³-hybridized carbons (Fsp3) is 0.357. The van der Waals surface area contributed by atoms with Crippen LogP contribution in [0.4, 0.5) is 5.69 Å². The molecule has 0 fully saturated rings. The number of benzene rings is 1. The number of hydrogen-bond acceptors (Lipinski definition) is 4. The summed E-state index contributed by atoms with van der Waals surface area (Å²) in [4.78, 5) is 11.5. The molecule has 6 heteroatoms. The Kier molecular flexibility index (Phi) is 4.47. The molecule has 0 aliphatic heterocycles. The average molecular weight is 274 g/mol. The molecule has 1 amide bonds. The Balaban J connectivity index is 2.25. The molecule has 0 saturated heterocycles. The lowest BCUT2D eigenvalue weighted by molar-refractivity contribution is -0.119. The lowest BCUT2D eigenvalue weighted by Crippen LogP contribution is -2.17. The molecule has 1 aromatic heterocycles. The second-order valence-corrected chi connectivity index (χ2v) is 4.76. The van der Waals surface area contributed by atoms with Gasteiger partial charge < -0.3 is 10.1 Å². The van der Waals surface area contributed by atoms with Crippen LogP contribution < -0.4 is 5.32 Å². The molecule has 0 unspecified atom stereocenters. The number of aromatic nitrogens is 3. The van der Waals surface area contributed by atoms with Gasteiger partial charge in [-0.05, 0) is 24.1 Å². The molecule has 2 aromatic rings. The zero-order valence-electron chi connectivity index (χ0n) is 11.8. The molecule has 2 rings (SSSR count). The van der Waals surface area contributed by atoms with E-state index in [-0.39, 0.29) is 12.5 Å². The minimum atomic E-state index is -0.188. The van der Waals surface area contributed by atoms with Gasteiger partial charge in [0.05, 0.1) is 17.6 Å². The first-order valence-corrected chi connectivity index (χ1v) is 6.41. The van der Waals surface area contributed by atoms with Crippen molar-refractivity contribution >= 4 is 11.6 Å². The lowest BCUT2D eigenvalue weighted by atomic mass is 10.1. The van der Waals surface area contributed by atoms with Gasteiger partial charge in [0.1, 0.15) is 6.61 Å². The highest BCUT2D eigenvalue weighted by molar-refractivity contribution is 5.91. The monoisotopic (exact) mass is 274 g/mol. The van der Waals surface area contributed by atoms with Crippen LogP contribution in [-0.4, -0.2) is 34.6 Å². The van der Waals surface area contributed by atoms with E-state index in [0.717, 1.165) is 11.4 Å².